The SMILES string of the molecule is C=CCCNS(=O)(=O)c1cc(N)ccc1Br. The lowest BCUT2D eigenvalue weighted by Crippen LogP contribution is -2.24. The van der Waals surface area contributed by atoms with E-state index in [1.54, 1.807) is 18.2 Å². The second-order valence-corrected chi connectivity index (χ2v) is 5.75. The number of anilines is 1. The van der Waals surface area contributed by atoms with Gasteiger partial charge >= 0.3 is 0 Å². The molecule has 4 nitrogen and oxygen atoms in total. The van der Waals surface area contributed by atoms with Crippen LogP contribution in [0.15, 0.2) is 40.2 Å². The maximum atomic E-state index is 11.8. The van der Waals surface area contributed by atoms with Crippen molar-refractivity contribution in [3.8, 4) is 0 Å². The number of hydrogen-bond donors (Lipinski definition) is 2. The zero-order chi connectivity index (χ0) is 12.2. The van der Waals surface area contributed by atoms with Crippen LogP contribution in [0, 0.1) is 0 Å². The van der Waals surface area contributed by atoms with Crippen molar-refractivity contribution < 1.29 is 8.42 Å². The third-order valence-corrected chi connectivity index (χ3v) is 4.34. The Hall–Kier alpha value is -0.850. The minimum absolute atomic E-state index is 0.150. The first-order valence-electron chi connectivity index (χ1n) is 4.63. The molecule has 0 unspecified atom stereocenters. The molecule has 0 atom stereocenters. The van der Waals surface area contributed by atoms with E-state index in [4.69, 9.17) is 5.73 Å². The summed E-state index contributed by atoms with van der Waals surface area (Å²) in [5, 5.41) is 0. The van der Waals surface area contributed by atoms with Crippen LogP contribution in [0.1, 0.15) is 6.42 Å². The van der Waals surface area contributed by atoms with Crippen molar-refractivity contribution in [1.29, 1.82) is 0 Å². The van der Waals surface area contributed by atoms with E-state index in [9.17, 15) is 8.42 Å². The number of nitrogens with two attached hydrogens (primary N) is 1. The lowest BCUT2D eigenvalue weighted by molar-refractivity contribution is 0.581. The first-order valence-corrected chi connectivity index (χ1v) is 6.90. The molecule has 0 aliphatic heterocycles. The summed E-state index contributed by atoms with van der Waals surface area (Å²) in [4.78, 5) is 0.150. The number of benzene rings is 1. The summed E-state index contributed by atoms with van der Waals surface area (Å²) in [6.45, 7) is 3.85. The molecule has 16 heavy (non-hydrogen) atoms. The van der Waals surface area contributed by atoms with Gasteiger partial charge in [-0.25, -0.2) is 13.1 Å². The second kappa shape index (κ2) is 5.47. The van der Waals surface area contributed by atoms with Crippen LogP contribution in [0.3, 0.4) is 0 Å². The van der Waals surface area contributed by atoms with Crippen LogP contribution in [-0.4, -0.2) is 15.0 Å². The van der Waals surface area contributed by atoms with Crippen LogP contribution in [0.4, 0.5) is 5.69 Å². The second-order valence-electron chi connectivity index (χ2n) is 3.16. The van der Waals surface area contributed by atoms with Crippen molar-refractivity contribution in [2.75, 3.05) is 12.3 Å². The quantitative estimate of drug-likeness (QED) is 0.496. The third kappa shape index (κ3) is 3.33. The Labute approximate surface area is 104 Å². The van der Waals surface area contributed by atoms with Crippen LogP contribution < -0.4 is 10.5 Å². The lowest BCUT2D eigenvalue weighted by atomic mass is 10.3. The third-order valence-electron chi connectivity index (χ3n) is 1.89. The maximum Gasteiger partial charge on any atom is 0.241 e. The van der Waals surface area contributed by atoms with E-state index in [0.29, 0.717) is 23.1 Å². The average Bonchev–Trinajstić information content (AvgIpc) is 2.22. The Kier molecular flexibility index (Phi) is 4.52. The summed E-state index contributed by atoms with van der Waals surface area (Å²) >= 11 is 3.18. The number of hydrogen-bond acceptors (Lipinski definition) is 3. The highest BCUT2D eigenvalue weighted by Gasteiger charge is 2.16. The Balaban J connectivity index is 2.97. The summed E-state index contributed by atoms with van der Waals surface area (Å²) in [5.41, 5.74) is 5.96. The zero-order valence-corrected chi connectivity index (χ0v) is 11.0. The van der Waals surface area contributed by atoms with Crippen molar-refractivity contribution in [3.05, 3.63) is 35.3 Å². The minimum Gasteiger partial charge on any atom is -0.399 e. The monoisotopic (exact) mass is 304 g/mol. The topological polar surface area (TPSA) is 72.2 Å². The molecule has 88 valence electrons. The average molecular weight is 305 g/mol. The van der Waals surface area contributed by atoms with Crippen LogP contribution in [0.25, 0.3) is 0 Å². The molecule has 0 radical (unpaired) electrons. The molecule has 0 saturated carbocycles. The van der Waals surface area contributed by atoms with Gasteiger partial charge in [-0.15, -0.1) is 6.58 Å². The van der Waals surface area contributed by atoms with E-state index in [0.717, 1.165) is 0 Å². The molecule has 1 aromatic rings. The molecule has 6 heteroatoms. The maximum absolute atomic E-state index is 11.8. The van der Waals surface area contributed by atoms with Gasteiger partial charge in [-0.05, 0) is 40.5 Å². The van der Waals surface area contributed by atoms with Gasteiger partial charge in [0.25, 0.3) is 0 Å². The van der Waals surface area contributed by atoms with E-state index in [2.05, 4.69) is 27.2 Å². The van der Waals surface area contributed by atoms with E-state index >= 15 is 0 Å². The molecular weight excluding hydrogens is 292 g/mol. The molecule has 0 bridgehead atoms. The van der Waals surface area contributed by atoms with Crippen molar-refractivity contribution in [2.24, 2.45) is 0 Å². The van der Waals surface area contributed by atoms with Gasteiger partial charge in [-0.2, -0.15) is 0 Å². The van der Waals surface area contributed by atoms with Gasteiger partial charge in [0.05, 0.1) is 4.90 Å². The fourth-order valence-electron chi connectivity index (χ4n) is 1.10. The minimum atomic E-state index is -3.51. The Morgan fingerprint density at radius 3 is 2.81 bits per heavy atom. The van der Waals surface area contributed by atoms with Gasteiger partial charge in [-0.3, -0.25) is 0 Å². The highest BCUT2D eigenvalue weighted by Crippen LogP contribution is 2.23. The van der Waals surface area contributed by atoms with Crippen LogP contribution in [-0.2, 0) is 10.0 Å². The molecule has 0 fully saturated rings. The molecule has 0 aromatic heterocycles. The molecule has 1 aromatic carbocycles. The molecule has 0 heterocycles. The normalized spacial score (nSPS) is 11.3. The van der Waals surface area contributed by atoms with Gasteiger partial charge in [-0.1, -0.05) is 6.08 Å². The standard InChI is InChI=1S/C10H13BrN2O2S/c1-2-3-6-13-16(14,15)10-7-8(12)4-5-9(10)11/h2,4-5,7,13H,1,3,6,12H2. The van der Waals surface area contributed by atoms with Crippen molar-refractivity contribution in [1.82, 2.24) is 4.72 Å². The lowest BCUT2D eigenvalue weighted by Gasteiger charge is -2.08. The predicted octanol–water partition coefficient (Wildman–Crippen LogP) is 1.89. The van der Waals surface area contributed by atoms with E-state index < -0.39 is 10.0 Å². The molecule has 0 aliphatic carbocycles. The fraction of sp³-hybridized carbons (Fsp3) is 0.200. The first-order chi connectivity index (χ1) is 7.47. The van der Waals surface area contributed by atoms with Crippen molar-refractivity contribution >= 4 is 31.6 Å². The number of sulfonamides is 1. The van der Waals surface area contributed by atoms with E-state index in [1.807, 2.05) is 0 Å². The van der Waals surface area contributed by atoms with E-state index in [-0.39, 0.29) is 4.90 Å². The molecule has 1 rings (SSSR count). The highest BCUT2D eigenvalue weighted by atomic mass is 79.9. The molecule has 0 amide bonds. The summed E-state index contributed by atoms with van der Waals surface area (Å²) in [5.74, 6) is 0. The molecule has 0 saturated heterocycles. The van der Waals surface area contributed by atoms with Gasteiger partial charge < -0.3 is 5.73 Å². The number of nitrogens with one attached hydrogen (secondary N) is 1. The summed E-state index contributed by atoms with van der Waals surface area (Å²) in [7, 11) is -3.51. The summed E-state index contributed by atoms with van der Waals surface area (Å²) in [6.07, 6.45) is 2.23. The summed E-state index contributed by atoms with van der Waals surface area (Å²) in [6, 6.07) is 4.66. The largest absolute Gasteiger partial charge is 0.399 e. The van der Waals surface area contributed by atoms with Gasteiger partial charge in [0.15, 0.2) is 0 Å². The van der Waals surface area contributed by atoms with Crippen LogP contribution in [0.2, 0.25) is 0 Å². The molecule has 0 aliphatic rings. The zero-order valence-electron chi connectivity index (χ0n) is 8.61. The van der Waals surface area contributed by atoms with Gasteiger partial charge in [0.1, 0.15) is 0 Å². The molecule has 0 spiro atoms. The van der Waals surface area contributed by atoms with Crippen molar-refractivity contribution in [3.63, 3.8) is 0 Å². The van der Waals surface area contributed by atoms with E-state index in [1.165, 1.54) is 6.07 Å². The van der Waals surface area contributed by atoms with Gasteiger partial charge in [0, 0.05) is 16.7 Å². The molecular formula is C10H13BrN2O2S. The van der Waals surface area contributed by atoms with Crippen molar-refractivity contribution in [2.45, 2.75) is 11.3 Å². The smallest absolute Gasteiger partial charge is 0.241 e. The number of nitrogen functional groups attached to an aromatic ring is 1. The number of rotatable bonds is 5. The predicted molar refractivity (Wildman–Crippen MR) is 68.6 cm³/mol. The van der Waals surface area contributed by atoms with Crippen LogP contribution >= 0.6 is 15.9 Å². The Bertz CT molecular complexity index is 486. The Morgan fingerprint density at radius 1 is 1.50 bits per heavy atom. The molecule has 3 N–H and O–H groups in total. The highest BCUT2D eigenvalue weighted by molar-refractivity contribution is 9.10. The number of halogens is 1. The summed E-state index contributed by atoms with van der Waals surface area (Å²) < 4.78 is 26.7. The van der Waals surface area contributed by atoms with Crippen LogP contribution in [0.5, 0.6) is 0 Å². The van der Waals surface area contributed by atoms with Gasteiger partial charge in [0.2, 0.25) is 10.0 Å². The fourth-order valence-corrected chi connectivity index (χ4v) is 3.14. The first kappa shape index (κ1) is 13.2. The Morgan fingerprint density at radius 2 is 2.19 bits per heavy atom.